The number of nitrogens with zero attached hydrogens (tertiary/aromatic N) is 2. The molecule has 0 aliphatic rings. The van der Waals surface area contributed by atoms with Crippen LogP contribution in [0.25, 0.3) is 0 Å². The average molecular weight is 236 g/mol. The molecule has 0 spiro atoms. The minimum atomic E-state index is -0.559. The fraction of sp³-hybridized carbons (Fsp3) is 0.583. The van der Waals surface area contributed by atoms with Crippen molar-refractivity contribution in [1.82, 2.24) is 10.2 Å². The van der Waals surface area contributed by atoms with Crippen molar-refractivity contribution in [3.63, 3.8) is 0 Å². The molecule has 1 aromatic rings. The van der Waals surface area contributed by atoms with E-state index in [4.69, 9.17) is 5.73 Å². The number of primary amides is 1. The highest BCUT2D eigenvalue weighted by atomic mass is 16.1. The molecule has 0 fully saturated rings. The average Bonchev–Trinajstić information content (AvgIpc) is 2.29. The largest absolute Gasteiger partial charge is 0.366 e. The van der Waals surface area contributed by atoms with Crippen molar-refractivity contribution in [2.24, 2.45) is 11.7 Å². The lowest BCUT2D eigenvalue weighted by Gasteiger charge is -2.17. The van der Waals surface area contributed by atoms with Crippen LogP contribution in [0.1, 0.15) is 44.1 Å². The minimum absolute atomic E-state index is 0.185. The molecule has 17 heavy (non-hydrogen) atoms. The second kappa shape index (κ2) is 6.18. The van der Waals surface area contributed by atoms with Crippen LogP contribution in [0.3, 0.4) is 0 Å². The maximum absolute atomic E-state index is 10.8. The van der Waals surface area contributed by atoms with Crippen molar-refractivity contribution in [3.8, 4) is 0 Å². The van der Waals surface area contributed by atoms with Crippen LogP contribution < -0.4 is 11.1 Å². The Kier molecular flexibility index (Phi) is 4.87. The summed E-state index contributed by atoms with van der Waals surface area (Å²) in [6, 6.07) is 3.63. The summed E-state index contributed by atoms with van der Waals surface area (Å²) in [6.45, 7) is 6.51. The van der Waals surface area contributed by atoms with Gasteiger partial charge in [-0.2, -0.15) is 0 Å². The van der Waals surface area contributed by atoms with Gasteiger partial charge >= 0.3 is 0 Å². The highest BCUT2D eigenvalue weighted by Crippen LogP contribution is 2.13. The molecule has 5 heteroatoms. The molecule has 1 rings (SSSR count). The molecular weight excluding hydrogens is 216 g/mol. The summed E-state index contributed by atoms with van der Waals surface area (Å²) in [6.07, 6.45) is 2.24. The number of amides is 1. The standard InChI is InChI=1S/C12H20N4O/c1-4-8(2)7-9(3)14-11-6-5-10(12(13)17)15-16-11/h5-6,8-9H,4,7H2,1-3H3,(H2,13,17)(H,14,16). The highest BCUT2D eigenvalue weighted by molar-refractivity contribution is 5.90. The summed E-state index contributed by atoms with van der Waals surface area (Å²) in [4.78, 5) is 10.8. The Hall–Kier alpha value is -1.65. The summed E-state index contributed by atoms with van der Waals surface area (Å²) in [5.74, 6) is 0.790. The molecule has 1 heterocycles. The molecule has 0 aromatic carbocycles. The van der Waals surface area contributed by atoms with Gasteiger partial charge in [0.05, 0.1) is 0 Å². The lowest BCUT2D eigenvalue weighted by atomic mass is 10.0. The molecule has 3 N–H and O–H groups in total. The van der Waals surface area contributed by atoms with Crippen molar-refractivity contribution in [2.75, 3.05) is 5.32 Å². The van der Waals surface area contributed by atoms with Gasteiger partial charge in [-0.1, -0.05) is 20.3 Å². The molecule has 94 valence electrons. The molecule has 1 amide bonds. The number of anilines is 1. The summed E-state index contributed by atoms with van der Waals surface area (Å²) in [5.41, 5.74) is 5.27. The third-order valence-electron chi connectivity index (χ3n) is 2.76. The molecule has 0 aliphatic carbocycles. The summed E-state index contributed by atoms with van der Waals surface area (Å²) in [7, 11) is 0. The molecule has 2 atom stereocenters. The first-order valence-corrected chi connectivity index (χ1v) is 5.93. The minimum Gasteiger partial charge on any atom is -0.366 e. The van der Waals surface area contributed by atoms with Gasteiger partial charge in [0.25, 0.3) is 5.91 Å². The predicted octanol–water partition coefficient (Wildman–Crippen LogP) is 1.81. The summed E-state index contributed by atoms with van der Waals surface area (Å²) >= 11 is 0. The van der Waals surface area contributed by atoms with Gasteiger partial charge in [0.2, 0.25) is 0 Å². The van der Waals surface area contributed by atoms with Crippen molar-refractivity contribution in [3.05, 3.63) is 17.8 Å². The number of carbonyl (C=O) groups excluding carboxylic acids is 1. The van der Waals surface area contributed by atoms with Crippen molar-refractivity contribution in [1.29, 1.82) is 0 Å². The van der Waals surface area contributed by atoms with Crippen LogP contribution in [0, 0.1) is 5.92 Å². The predicted molar refractivity (Wildman–Crippen MR) is 67.7 cm³/mol. The molecule has 0 saturated heterocycles. The number of nitrogens with one attached hydrogen (secondary N) is 1. The third-order valence-corrected chi connectivity index (χ3v) is 2.76. The van der Waals surface area contributed by atoms with E-state index in [9.17, 15) is 4.79 Å². The van der Waals surface area contributed by atoms with E-state index in [1.807, 2.05) is 0 Å². The van der Waals surface area contributed by atoms with Gasteiger partial charge in [-0.25, -0.2) is 0 Å². The number of nitrogens with two attached hydrogens (primary N) is 1. The van der Waals surface area contributed by atoms with Crippen LogP contribution >= 0.6 is 0 Å². The zero-order valence-corrected chi connectivity index (χ0v) is 10.6. The molecule has 0 bridgehead atoms. The van der Waals surface area contributed by atoms with E-state index in [-0.39, 0.29) is 5.69 Å². The van der Waals surface area contributed by atoms with Crippen LogP contribution in [0.15, 0.2) is 12.1 Å². The number of hydrogen-bond acceptors (Lipinski definition) is 4. The highest BCUT2D eigenvalue weighted by Gasteiger charge is 2.08. The van der Waals surface area contributed by atoms with Crippen LogP contribution in [0.5, 0.6) is 0 Å². The molecule has 2 unspecified atom stereocenters. The Balaban J connectivity index is 2.54. The summed E-state index contributed by atoms with van der Waals surface area (Å²) in [5, 5.41) is 10.9. The van der Waals surface area contributed by atoms with Gasteiger partial charge in [0, 0.05) is 6.04 Å². The Labute approximate surface area is 102 Å². The SMILES string of the molecule is CCC(C)CC(C)Nc1ccc(C(N)=O)nn1. The Morgan fingerprint density at radius 1 is 1.41 bits per heavy atom. The van der Waals surface area contributed by atoms with Crippen molar-refractivity contribution in [2.45, 2.75) is 39.7 Å². The monoisotopic (exact) mass is 236 g/mol. The number of rotatable bonds is 6. The molecule has 0 radical (unpaired) electrons. The normalized spacial score (nSPS) is 14.1. The zero-order valence-electron chi connectivity index (χ0n) is 10.6. The Morgan fingerprint density at radius 3 is 2.59 bits per heavy atom. The van der Waals surface area contributed by atoms with E-state index < -0.39 is 5.91 Å². The third kappa shape index (κ3) is 4.38. The Morgan fingerprint density at radius 2 is 2.12 bits per heavy atom. The van der Waals surface area contributed by atoms with Crippen LogP contribution in [-0.2, 0) is 0 Å². The maximum atomic E-state index is 10.8. The van der Waals surface area contributed by atoms with E-state index in [0.717, 1.165) is 12.8 Å². The maximum Gasteiger partial charge on any atom is 0.269 e. The lowest BCUT2D eigenvalue weighted by Crippen LogP contribution is -2.20. The second-order valence-electron chi connectivity index (χ2n) is 4.46. The van der Waals surface area contributed by atoms with Crippen molar-refractivity contribution >= 4 is 11.7 Å². The molecular formula is C12H20N4O. The van der Waals surface area contributed by atoms with Gasteiger partial charge in [-0.15, -0.1) is 10.2 Å². The van der Waals surface area contributed by atoms with E-state index in [1.165, 1.54) is 0 Å². The topological polar surface area (TPSA) is 80.9 Å². The van der Waals surface area contributed by atoms with Crippen LogP contribution in [-0.4, -0.2) is 22.1 Å². The first kappa shape index (κ1) is 13.4. The Bertz CT molecular complexity index is 363. The number of hydrogen-bond donors (Lipinski definition) is 2. The molecule has 1 aromatic heterocycles. The van der Waals surface area contributed by atoms with Gasteiger partial charge < -0.3 is 11.1 Å². The zero-order chi connectivity index (χ0) is 12.8. The summed E-state index contributed by atoms with van der Waals surface area (Å²) < 4.78 is 0. The van der Waals surface area contributed by atoms with Gasteiger partial charge in [-0.3, -0.25) is 4.79 Å². The fourth-order valence-electron chi connectivity index (χ4n) is 1.62. The molecule has 0 saturated carbocycles. The van der Waals surface area contributed by atoms with Crippen molar-refractivity contribution < 1.29 is 4.79 Å². The molecule has 0 aliphatic heterocycles. The van der Waals surface area contributed by atoms with E-state index >= 15 is 0 Å². The van der Waals surface area contributed by atoms with Crippen LogP contribution in [0.2, 0.25) is 0 Å². The van der Waals surface area contributed by atoms with E-state index in [2.05, 4.69) is 36.3 Å². The van der Waals surface area contributed by atoms with E-state index in [0.29, 0.717) is 17.8 Å². The quantitative estimate of drug-likeness (QED) is 0.789. The first-order chi connectivity index (χ1) is 8.02. The molecule has 5 nitrogen and oxygen atoms in total. The van der Waals surface area contributed by atoms with Crippen LogP contribution in [0.4, 0.5) is 5.82 Å². The second-order valence-corrected chi connectivity index (χ2v) is 4.46. The lowest BCUT2D eigenvalue weighted by molar-refractivity contribution is 0.0994. The first-order valence-electron chi connectivity index (χ1n) is 5.93. The fourth-order valence-corrected chi connectivity index (χ4v) is 1.62. The van der Waals surface area contributed by atoms with E-state index in [1.54, 1.807) is 12.1 Å². The number of carbonyl (C=O) groups is 1. The van der Waals surface area contributed by atoms with Gasteiger partial charge in [0.15, 0.2) is 5.69 Å². The smallest absolute Gasteiger partial charge is 0.269 e. The number of aromatic nitrogens is 2. The van der Waals surface area contributed by atoms with Gasteiger partial charge in [-0.05, 0) is 31.4 Å². The van der Waals surface area contributed by atoms with Gasteiger partial charge in [0.1, 0.15) is 5.82 Å².